The fourth-order valence-electron chi connectivity index (χ4n) is 3.47. The average Bonchev–Trinajstić information content (AvgIpc) is 3.35. The predicted molar refractivity (Wildman–Crippen MR) is 129 cm³/mol. The molecule has 33 heavy (non-hydrogen) atoms. The molecule has 0 fully saturated rings. The Hall–Kier alpha value is -3.22. The van der Waals surface area contributed by atoms with Crippen LogP contribution in [0.2, 0.25) is 10.0 Å². The highest BCUT2D eigenvalue weighted by Gasteiger charge is 2.15. The molecule has 8 heteroatoms. The number of benzene rings is 2. The summed E-state index contributed by atoms with van der Waals surface area (Å²) in [5, 5.41) is 8.23. The Labute approximate surface area is 202 Å². The van der Waals surface area contributed by atoms with E-state index in [1.165, 1.54) is 0 Å². The number of hydrogen-bond donors (Lipinski definition) is 1. The molecule has 4 rings (SSSR count). The van der Waals surface area contributed by atoms with Crippen molar-refractivity contribution in [3.05, 3.63) is 98.5 Å². The molecule has 0 spiro atoms. The number of furan rings is 1. The number of aryl methyl sites for hydroxylation is 3. The van der Waals surface area contributed by atoms with E-state index in [1.54, 1.807) is 35.0 Å². The number of carbonyl (C=O) groups is 1. The van der Waals surface area contributed by atoms with Crippen molar-refractivity contribution in [1.29, 1.82) is 0 Å². The minimum Gasteiger partial charge on any atom is -0.486 e. The lowest BCUT2D eigenvalue weighted by Crippen LogP contribution is -2.12. The Bertz CT molecular complexity index is 1290. The van der Waals surface area contributed by atoms with Gasteiger partial charge >= 0.3 is 0 Å². The van der Waals surface area contributed by atoms with E-state index in [0.29, 0.717) is 28.2 Å². The number of amides is 1. The topological polar surface area (TPSA) is 69.3 Å². The van der Waals surface area contributed by atoms with Gasteiger partial charge in [0.2, 0.25) is 0 Å². The van der Waals surface area contributed by atoms with Crippen LogP contribution in [0.15, 0.2) is 59.0 Å². The highest BCUT2D eigenvalue weighted by Crippen LogP contribution is 2.24. The lowest BCUT2D eigenvalue weighted by atomic mass is 10.1. The summed E-state index contributed by atoms with van der Waals surface area (Å²) in [7, 11) is 0. The standard InChI is InChI=1S/C25H23Cl2N3O3/c1-15-8-16(2)10-20(9-15)32-14-19-5-7-23(33-19)25(31)28-24-11-17(3)30(29-24)13-18-4-6-21(26)22(27)12-18/h4-12H,13-14H2,1-3H3,(H,28,29,31). The number of rotatable bonds is 7. The highest BCUT2D eigenvalue weighted by atomic mass is 35.5. The van der Waals surface area contributed by atoms with Gasteiger partial charge in [0.15, 0.2) is 11.6 Å². The van der Waals surface area contributed by atoms with Crippen molar-refractivity contribution >= 4 is 34.9 Å². The molecule has 0 aliphatic carbocycles. The van der Waals surface area contributed by atoms with Crippen LogP contribution in [0.1, 0.15) is 38.7 Å². The average molecular weight is 484 g/mol. The van der Waals surface area contributed by atoms with Crippen molar-refractivity contribution < 1.29 is 13.9 Å². The van der Waals surface area contributed by atoms with Crippen LogP contribution in [0, 0.1) is 20.8 Å². The largest absolute Gasteiger partial charge is 0.486 e. The van der Waals surface area contributed by atoms with Gasteiger partial charge < -0.3 is 14.5 Å². The molecule has 170 valence electrons. The number of anilines is 1. The minimum absolute atomic E-state index is 0.186. The molecular weight excluding hydrogens is 461 g/mol. The van der Waals surface area contributed by atoms with Crippen molar-refractivity contribution in [3.8, 4) is 5.75 Å². The van der Waals surface area contributed by atoms with E-state index in [-0.39, 0.29) is 18.3 Å². The molecule has 4 aromatic rings. The van der Waals surface area contributed by atoms with E-state index >= 15 is 0 Å². The van der Waals surface area contributed by atoms with E-state index in [2.05, 4.69) is 16.5 Å². The number of nitrogens with zero attached hydrogens (tertiary/aromatic N) is 2. The van der Waals surface area contributed by atoms with Crippen LogP contribution in [0.4, 0.5) is 5.82 Å². The first-order chi connectivity index (χ1) is 15.8. The van der Waals surface area contributed by atoms with Gasteiger partial charge in [-0.3, -0.25) is 9.48 Å². The first kappa shape index (κ1) is 23.0. The van der Waals surface area contributed by atoms with Crippen molar-refractivity contribution in [2.24, 2.45) is 0 Å². The molecule has 0 saturated carbocycles. The van der Waals surface area contributed by atoms with Crippen LogP contribution < -0.4 is 10.1 Å². The summed E-state index contributed by atoms with van der Waals surface area (Å²) in [4.78, 5) is 12.6. The smallest absolute Gasteiger partial charge is 0.292 e. The zero-order valence-corrected chi connectivity index (χ0v) is 20.0. The summed E-state index contributed by atoms with van der Waals surface area (Å²) >= 11 is 12.1. The van der Waals surface area contributed by atoms with Gasteiger partial charge in [-0.2, -0.15) is 5.10 Å². The van der Waals surface area contributed by atoms with Crippen molar-refractivity contribution in [1.82, 2.24) is 9.78 Å². The molecule has 0 aliphatic heterocycles. The molecule has 2 aromatic heterocycles. The van der Waals surface area contributed by atoms with Crippen molar-refractivity contribution in [3.63, 3.8) is 0 Å². The van der Waals surface area contributed by atoms with Crippen molar-refractivity contribution in [2.75, 3.05) is 5.32 Å². The Morgan fingerprint density at radius 1 is 1.00 bits per heavy atom. The van der Waals surface area contributed by atoms with Gasteiger partial charge in [-0.05, 0) is 73.9 Å². The van der Waals surface area contributed by atoms with Gasteiger partial charge in [-0.1, -0.05) is 35.3 Å². The van der Waals surface area contributed by atoms with Crippen molar-refractivity contribution in [2.45, 2.75) is 33.9 Å². The molecule has 2 heterocycles. The fourth-order valence-corrected chi connectivity index (χ4v) is 3.79. The quantitative estimate of drug-likeness (QED) is 0.321. The molecule has 0 saturated heterocycles. The van der Waals surface area contributed by atoms with E-state index in [4.69, 9.17) is 32.4 Å². The lowest BCUT2D eigenvalue weighted by molar-refractivity contribution is 0.0992. The minimum atomic E-state index is -0.383. The van der Waals surface area contributed by atoms with Gasteiger partial charge in [0.25, 0.3) is 5.91 Å². The summed E-state index contributed by atoms with van der Waals surface area (Å²) < 4.78 is 13.2. The number of nitrogens with one attached hydrogen (secondary N) is 1. The Kier molecular flexibility index (Phi) is 6.77. The number of ether oxygens (including phenoxy) is 1. The molecule has 1 N–H and O–H groups in total. The van der Waals surface area contributed by atoms with E-state index in [1.807, 2.05) is 39.0 Å². The number of carbonyl (C=O) groups excluding carboxylic acids is 1. The Balaban J connectivity index is 1.38. The predicted octanol–water partition coefficient (Wildman–Crippen LogP) is 6.59. The van der Waals surface area contributed by atoms with Gasteiger partial charge in [-0.15, -0.1) is 0 Å². The third kappa shape index (κ3) is 5.78. The van der Waals surface area contributed by atoms with Gasteiger partial charge in [0.05, 0.1) is 16.6 Å². The maximum absolute atomic E-state index is 12.6. The molecule has 2 aromatic carbocycles. The molecule has 0 bridgehead atoms. The summed E-state index contributed by atoms with van der Waals surface area (Å²) in [6, 6.07) is 16.6. The maximum Gasteiger partial charge on any atom is 0.292 e. The molecule has 0 aliphatic rings. The third-order valence-electron chi connectivity index (χ3n) is 5.00. The Morgan fingerprint density at radius 2 is 1.76 bits per heavy atom. The van der Waals surface area contributed by atoms with E-state index < -0.39 is 0 Å². The second kappa shape index (κ2) is 9.73. The van der Waals surface area contributed by atoms with Gasteiger partial charge in [0.1, 0.15) is 18.1 Å². The monoisotopic (exact) mass is 483 g/mol. The number of halogens is 2. The summed E-state index contributed by atoms with van der Waals surface area (Å²) in [5.74, 6) is 1.55. The third-order valence-corrected chi connectivity index (χ3v) is 5.74. The van der Waals surface area contributed by atoms with Crippen LogP contribution >= 0.6 is 23.2 Å². The zero-order valence-electron chi connectivity index (χ0n) is 18.5. The highest BCUT2D eigenvalue weighted by molar-refractivity contribution is 6.42. The van der Waals surface area contributed by atoms with E-state index in [9.17, 15) is 4.79 Å². The molecule has 0 unspecified atom stereocenters. The van der Waals surface area contributed by atoms with Crippen LogP contribution in [0.3, 0.4) is 0 Å². The lowest BCUT2D eigenvalue weighted by Gasteiger charge is -2.06. The second-order valence-electron chi connectivity index (χ2n) is 7.91. The molecule has 1 amide bonds. The summed E-state index contributed by atoms with van der Waals surface area (Å²) in [6.45, 7) is 6.67. The molecule has 0 radical (unpaired) electrons. The first-order valence-corrected chi connectivity index (χ1v) is 11.1. The molecule has 6 nitrogen and oxygen atoms in total. The first-order valence-electron chi connectivity index (χ1n) is 10.4. The second-order valence-corrected chi connectivity index (χ2v) is 8.72. The zero-order chi connectivity index (χ0) is 23.5. The normalized spacial score (nSPS) is 10.9. The van der Waals surface area contributed by atoms with E-state index in [0.717, 1.165) is 28.1 Å². The Morgan fingerprint density at radius 3 is 2.48 bits per heavy atom. The molecular formula is C25H23Cl2N3O3. The SMILES string of the molecule is Cc1cc(C)cc(OCc2ccc(C(=O)Nc3cc(C)n(Cc4ccc(Cl)c(Cl)c4)n3)o2)c1. The van der Waals surface area contributed by atoms with Gasteiger partial charge in [0, 0.05) is 11.8 Å². The van der Waals surface area contributed by atoms with Gasteiger partial charge in [-0.25, -0.2) is 0 Å². The summed E-state index contributed by atoms with van der Waals surface area (Å²) in [6.07, 6.45) is 0. The fraction of sp³-hybridized carbons (Fsp3) is 0.200. The number of hydrogen-bond acceptors (Lipinski definition) is 4. The maximum atomic E-state index is 12.6. The van der Waals surface area contributed by atoms with Crippen LogP contribution in [-0.2, 0) is 13.2 Å². The van der Waals surface area contributed by atoms with Crippen LogP contribution in [0.5, 0.6) is 5.75 Å². The molecule has 0 atom stereocenters. The van der Waals surface area contributed by atoms with Crippen LogP contribution in [0.25, 0.3) is 0 Å². The van der Waals surface area contributed by atoms with Crippen LogP contribution in [-0.4, -0.2) is 15.7 Å². The summed E-state index contributed by atoms with van der Waals surface area (Å²) in [5.41, 5.74) is 4.09. The number of aromatic nitrogens is 2.